The molecule has 1 fully saturated rings. The predicted octanol–water partition coefficient (Wildman–Crippen LogP) is 2.62. The SMILES string of the molecule is CC(=O)OC[C@@H](C(=O)OC1CCN(C)CC1)c1ccc(Cl)cc1. The molecule has 2 rings (SSSR count). The van der Waals surface area contributed by atoms with Crippen LogP contribution in [0.1, 0.15) is 31.2 Å². The van der Waals surface area contributed by atoms with E-state index in [1.807, 2.05) is 0 Å². The summed E-state index contributed by atoms with van der Waals surface area (Å²) in [5, 5.41) is 0.587. The number of hydrogen-bond acceptors (Lipinski definition) is 5. The quantitative estimate of drug-likeness (QED) is 0.772. The second-order valence-electron chi connectivity index (χ2n) is 5.85. The number of nitrogens with zero attached hydrogens (tertiary/aromatic N) is 1. The Morgan fingerprint density at radius 1 is 1.26 bits per heavy atom. The van der Waals surface area contributed by atoms with Crippen LogP contribution < -0.4 is 0 Å². The van der Waals surface area contributed by atoms with Gasteiger partial charge in [0.25, 0.3) is 0 Å². The van der Waals surface area contributed by atoms with E-state index in [2.05, 4.69) is 11.9 Å². The van der Waals surface area contributed by atoms with Crippen molar-refractivity contribution in [2.24, 2.45) is 0 Å². The van der Waals surface area contributed by atoms with Crippen LogP contribution in [0.15, 0.2) is 24.3 Å². The van der Waals surface area contributed by atoms with Crippen LogP contribution in [0.4, 0.5) is 0 Å². The number of ether oxygens (including phenoxy) is 2. The number of rotatable bonds is 5. The molecule has 0 aromatic heterocycles. The van der Waals surface area contributed by atoms with Gasteiger partial charge in [-0.05, 0) is 37.6 Å². The maximum Gasteiger partial charge on any atom is 0.317 e. The van der Waals surface area contributed by atoms with Crippen molar-refractivity contribution in [1.29, 1.82) is 0 Å². The third-order valence-electron chi connectivity index (χ3n) is 3.96. The third kappa shape index (κ3) is 5.52. The largest absolute Gasteiger partial charge is 0.465 e. The number of halogens is 1. The van der Waals surface area contributed by atoms with Crippen molar-refractivity contribution >= 4 is 23.5 Å². The van der Waals surface area contributed by atoms with E-state index in [-0.39, 0.29) is 18.7 Å². The van der Waals surface area contributed by atoms with E-state index in [1.165, 1.54) is 6.92 Å². The summed E-state index contributed by atoms with van der Waals surface area (Å²) in [5.74, 6) is -1.41. The zero-order valence-corrected chi connectivity index (χ0v) is 14.2. The second-order valence-corrected chi connectivity index (χ2v) is 6.28. The van der Waals surface area contributed by atoms with E-state index in [4.69, 9.17) is 21.1 Å². The van der Waals surface area contributed by atoms with Gasteiger partial charge in [-0.3, -0.25) is 9.59 Å². The van der Waals surface area contributed by atoms with Crippen LogP contribution in [0, 0.1) is 0 Å². The van der Waals surface area contributed by atoms with Gasteiger partial charge in [0.2, 0.25) is 0 Å². The fourth-order valence-corrected chi connectivity index (χ4v) is 2.67. The molecule has 1 aromatic rings. The van der Waals surface area contributed by atoms with Crippen molar-refractivity contribution in [1.82, 2.24) is 4.90 Å². The molecule has 1 atom stereocenters. The Hall–Kier alpha value is -1.59. The highest BCUT2D eigenvalue weighted by atomic mass is 35.5. The third-order valence-corrected chi connectivity index (χ3v) is 4.21. The normalized spacial score (nSPS) is 17.5. The van der Waals surface area contributed by atoms with Gasteiger partial charge >= 0.3 is 11.9 Å². The highest BCUT2D eigenvalue weighted by molar-refractivity contribution is 6.30. The van der Waals surface area contributed by atoms with Crippen LogP contribution in [0.3, 0.4) is 0 Å². The first-order chi connectivity index (χ1) is 11.0. The number of esters is 2. The van der Waals surface area contributed by atoms with E-state index < -0.39 is 11.9 Å². The van der Waals surface area contributed by atoms with Crippen molar-refractivity contribution in [3.63, 3.8) is 0 Å². The van der Waals surface area contributed by atoms with Gasteiger partial charge in [0.15, 0.2) is 0 Å². The Morgan fingerprint density at radius 2 is 1.87 bits per heavy atom. The van der Waals surface area contributed by atoms with Crippen LogP contribution in [0.25, 0.3) is 0 Å². The molecular formula is C17H22ClNO4. The summed E-state index contributed by atoms with van der Waals surface area (Å²) in [6, 6.07) is 6.93. The lowest BCUT2D eigenvalue weighted by Gasteiger charge is -2.29. The molecule has 0 radical (unpaired) electrons. The Morgan fingerprint density at radius 3 is 2.43 bits per heavy atom. The molecule has 1 aromatic carbocycles. The second kappa shape index (κ2) is 8.31. The molecule has 0 aliphatic carbocycles. The van der Waals surface area contributed by atoms with Crippen LogP contribution in [0.2, 0.25) is 5.02 Å². The number of carbonyl (C=O) groups excluding carboxylic acids is 2. The molecule has 0 unspecified atom stereocenters. The zero-order valence-electron chi connectivity index (χ0n) is 13.5. The van der Waals surface area contributed by atoms with Crippen molar-refractivity contribution in [3.8, 4) is 0 Å². The smallest absolute Gasteiger partial charge is 0.317 e. The molecule has 1 saturated heterocycles. The van der Waals surface area contributed by atoms with Crippen LogP contribution in [-0.2, 0) is 19.1 Å². The average molecular weight is 340 g/mol. The van der Waals surface area contributed by atoms with Crippen LogP contribution >= 0.6 is 11.6 Å². The number of piperidine rings is 1. The number of hydrogen-bond donors (Lipinski definition) is 0. The minimum atomic E-state index is -0.629. The summed E-state index contributed by atoms with van der Waals surface area (Å²) in [6.07, 6.45) is 1.57. The minimum Gasteiger partial charge on any atom is -0.465 e. The molecule has 6 heteroatoms. The highest BCUT2D eigenvalue weighted by Gasteiger charge is 2.28. The molecule has 0 bridgehead atoms. The van der Waals surface area contributed by atoms with Crippen molar-refractivity contribution in [2.75, 3.05) is 26.7 Å². The summed E-state index contributed by atoms with van der Waals surface area (Å²) in [4.78, 5) is 25.8. The molecule has 126 valence electrons. The standard InChI is InChI=1S/C17H22ClNO4/c1-12(20)22-11-16(13-3-5-14(18)6-4-13)17(21)23-15-7-9-19(2)10-8-15/h3-6,15-16H,7-11H2,1-2H3/t16-/m1/s1. The summed E-state index contributed by atoms with van der Waals surface area (Å²) in [7, 11) is 2.05. The molecule has 0 N–H and O–H groups in total. The first-order valence-corrected chi connectivity index (χ1v) is 8.11. The van der Waals surface area contributed by atoms with Gasteiger partial charge in [-0.25, -0.2) is 0 Å². The molecule has 23 heavy (non-hydrogen) atoms. The lowest BCUT2D eigenvalue weighted by atomic mass is 10.00. The topological polar surface area (TPSA) is 55.8 Å². The van der Waals surface area contributed by atoms with Gasteiger partial charge in [0, 0.05) is 25.0 Å². The minimum absolute atomic E-state index is 0.0254. The van der Waals surface area contributed by atoms with Crippen LogP contribution in [-0.4, -0.2) is 49.7 Å². The van der Waals surface area contributed by atoms with Crippen molar-refractivity contribution in [3.05, 3.63) is 34.9 Å². The monoisotopic (exact) mass is 339 g/mol. The van der Waals surface area contributed by atoms with E-state index in [9.17, 15) is 9.59 Å². The molecule has 1 aliphatic heterocycles. The Kier molecular flexibility index (Phi) is 6.42. The van der Waals surface area contributed by atoms with Crippen LogP contribution in [0.5, 0.6) is 0 Å². The molecule has 0 saturated carbocycles. The summed E-state index contributed by atoms with van der Waals surface area (Å²) >= 11 is 5.89. The summed E-state index contributed by atoms with van der Waals surface area (Å²) in [6.45, 7) is 3.12. The van der Waals surface area contributed by atoms with Gasteiger partial charge in [-0.2, -0.15) is 0 Å². The average Bonchev–Trinajstić information content (AvgIpc) is 2.51. The highest BCUT2D eigenvalue weighted by Crippen LogP contribution is 2.23. The first kappa shape index (κ1) is 17.8. The van der Waals surface area contributed by atoms with Gasteiger partial charge in [0.05, 0.1) is 0 Å². The fourth-order valence-electron chi connectivity index (χ4n) is 2.55. The molecule has 0 spiro atoms. The van der Waals surface area contributed by atoms with E-state index in [0.29, 0.717) is 5.02 Å². The van der Waals surface area contributed by atoms with E-state index >= 15 is 0 Å². The van der Waals surface area contributed by atoms with E-state index in [0.717, 1.165) is 31.5 Å². The molecular weight excluding hydrogens is 318 g/mol. The lowest BCUT2D eigenvalue weighted by Crippen LogP contribution is -2.36. The van der Waals surface area contributed by atoms with Gasteiger partial charge in [-0.1, -0.05) is 23.7 Å². The van der Waals surface area contributed by atoms with Crippen molar-refractivity contribution in [2.45, 2.75) is 31.8 Å². The Bertz CT molecular complexity index is 538. The van der Waals surface area contributed by atoms with Gasteiger partial charge in [-0.15, -0.1) is 0 Å². The molecule has 5 nitrogen and oxygen atoms in total. The first-order valence-electron chi connectivity index (χ1n) is 7.73. The number of benzene rings is 1. The Balaban J connectivity index is 2.04. The van der Waals surface area contributed by atoms with Gasteiger partial charge in [0.1, 0.15) is 18.6 Å². The van der Waals surface area contributed by atoms with Gasteiger partial charge < -0.3 is 14.4 Å². The maximum atomic E-state index is 12.5. The zero-order chi connectivity index (χ0) is 16.8. The Labute approximate surface area is 141 Å². The summed E-state index contributed by atoms with van der Waals surface area (Å²) in [5.41, 5.74) is 0.730. The molecule has 1 aliphatic rings. The number of carbonyl (C=O) groups is 2. The van der Waals surface area contributed by atoms with E-state index in [1.54, 1.807) is 24.3 Å². The fraction of sp³-hybridized carbons (Fsp3) is 0.529. The molecule has 1 heterocycles. The predicted molar refractivity (Wildman–Crippen MR) is 87.4 cm³/mol. The summed E-state index contributed by atoms with van der Waals surface area (Å²) < 4.78 is 10.7. The van der Waals surface area contributed by atoms with Crippen molar-refractivity contribution < 1.29 is 19.1 Å². The maximum absolute atomic E-state index is 12.5. The number of likely N-dealkylation sites (tertiary alicyclic amines) is 1. The lowest BCUT2D eigenvalue weighted by molar-refractivity contribution is -0.156. The molecule has 0 amide bonds.